The Kier molecular flexibility index (Phi) is 3.07. The van der Waals surface area contributed by atoms with Crippen molar-refractivity contribution in [3.63, 3.8) is 0 Å². The van der Waals surface area contributed by atoms with Gasteiger partial charge >= 0.3 is 0 Å². The molecule has 4 heteroatoms. The molecule has 92 valence electrons. The SMILES string of the molecule is Cc1nc2c(c(C3CCCCN3)n1)COCC2. The molecule has 1 atom stereocenters. The molecule has 1 aromatic rings. The van der Waals surface area contributed by atoms with Gasteiger partial charge in [0.1, 0.15) is 5.82 Å². The van der Waals surface area contributed by atoms with Crippen molar-refractivity contribution >= 4 is 0 Å². The number of hydrogen-bond donors (Lipinski definition) is 1. The second kappa shape index (κ2) is 4.70. The lowest BCUT2D eigenvalue weighted by molar-refractivity contribution is 0.107. The van der Waals surface area contributed by atoms with E-state index in [0.29, 0.717) is 12.6 Å². The Labute approximate surface area is 102 Å². The first-order chi connectivity index (χ1) is 8.34. The van der Waals surface area contributed by atoms with Crippen molar-refractivity contribution in [1.29, 1.82) is 0 Å². The topological polar surface area (TPSA) is 47.0 Å². The molecule has 0 saturated carbocycles. The summed E-state index contributed by atoms with van der Waals surface area (Å²) >= 11 is 0. The second-order valence-corrected chi connectivity index (χ2v) is 4.89. The standard InChI is InChI=1S/C13H19N3O/c1-9-15-11-5-7-17-8-10(11)13(16-9)12-4-2-3-6-14-12/h12,14H,2-8H2,1H3. The molecular weight excluding hydrogens is 214 g/mol. The molecule has 0 bridgehead atoms. The lowest BCUT2D eigenvalue weighted by Gasteiger charge is -2.27. The van der Waals surface area contributed by atoms with Crippen molar-refractivity contribution in [2.45, 2.75) is 45.3 Å². The van der Waals surface area contributed by atoms with Gasteiger partial charge in [0.15, 0.2) is 0 Å². The fourth-order valence-electron chi connectivity index (χ4n) is 2.76. The van der Waals surface area contributed by atoms with Crippen LogP contribution in [0.2, 0.25) is 0 Å². The van der Waals surface area contributed by atoms with Gasteiger partial charge in [-0.05, 0) is 26.3 Å². The average Bonchev–Trinajstić information content (AvgIpc) is 2.39. The van der Waals surface area contributed by atoms with Gasteiger partial charge in [-0.2, -0.15) is 0 Å². The van der Waals surface area contributed by atoms with E-state index in [-0.39, 0.29) is 0 Å². The van der Waals surface area contributed by atoms with Crippen LogP contribution < -0.4 is 5.32 Å². The molecular formula is C13H19N3O. The van der Waals surface area contributed by atoms with Crippen LogP contribution in [-0.4, -0.2) is 23.1 Å². The van der Waals surface area contributed by atoms with Gasteiger partial charge in [0.2, 0.25) is 0 Å². The maximum Gasteiger partial charge on any atom is 0.125 e. The number of hydrogen-bond acceptors (Lipinski definition) is 4. The van der Waals surface area contributed by atoms with Gasteiger partial charge in [0.25, 0.3) is 0 Å². The summed E-state index contributed by atoms with van der Waals surface area (Å²) in [6.45, 7) is 4.57. The molecule has 0 radical (unpaired) electrons. The van der Waals surface area contributed by atoms with E-state index in [2.05, 4.69) is 15.3 Å². The number of fused-ring (bicyclic) bond motifs is 1. The minimum absolute atomic E-state index is 0.404. The third-order valence-electron chi connectivity index (χ3n) is 3.61. The van der Waals surface area contributed by atoms with E-state index in [9.17, 15) is 0 Å². The Bertz CT molecular complexity index is 413. The minimum Gasteiger partial charge on any atom is -0.376 e. The molecule has 1 aromatic heterocycles. The van der Waals surface area contributed by atoms with E-state index in [1.807, 2.05) is 6.92 Å². The number of nitrogens with one attached hydrogen (secondary N) is 1. The van der Waals surface area contributed by atoms with Crippen LogP contribution in [0.4, 0.5) is 0 Å². The van der Waals surface area contributed by atoms with Crippen molar-refractivity contribution < 1.29 is 4.74 Å². The van der Waals surface area contributed by atoms with Gasteiger partial charge in [-0.25, -0.2) is 9.97 Å². The van der Waals surface area contributed by atoms with Gasteiger partial charge in [0, 0.05) is 18.0 Å². The molecule has 3 rings (SSSR count). The van der Waals surface area contributed by atoms with Crippen LogP contribution in [0.1, 0.15) is 48.1 Å². The molecule has 0 aliphatic carbocycles. The van der Waals surface area contributed by atoms with Crippen LogP contribution >= 0.6 is 0 Å². The Hall–Kier alpha value is -1.00. The monoisotopic (exact) mass is 233 g/mol. The van der Waals surface area contributed by atoms with Gasteiger partial charge in [-0.3, -0.25) is 0 Å². The van der Waals surface area contributed by atoms with Gasteiger partial charge in [0.05, 0.1) is 24.6 Å². The number of aromatic nitrogens is 2. The summed E-state index contributed by atoms with van der Waals surface area (Å²) < 4.78 is 5.56. The fraction of sp³-hybridized carbons (Fsp3) is 0.692. The van der Waals surface area contributed by atoms with E-state index < -0.39 is 0 Å². The Balaban J connectivity index is 1.98. The Morgan fingerprint density at radius 1 is 1.29 bits per heavy atom. The number of aryl methyl sites for hydroxylation is 1. The zero-order chi connectivity index (χ0) is 11.7. The molecule has 0 spiro atoms. The minimum atomic E-state index is 0.404. The highest BCUT2D eigenvalue weighted by molar-refractivity contribution is 5.29. The van der Waals surface area contributed by atoms with Gasteiger partial charge < -0.3 is 10.1 Å². The largest absolute Gasteiger partial charge is 0.376 e. The van der Waals surface area contributed by atoms with Crippen LogP contribution in [0.25, 0.3) is 0 Å². The van der Waals surface area contributed by atoms with E-state index in [4.69, 9.17) is 4.74 Å². The fourth-order valence-corrected chi connectivity index (χ4v) is 2.76. The van der Waals surface area contributed by atoms with Crippen LogP contribution in [0.15, 0.2) is 0 Å². The van der Waals surface area contributed by atoms with E-state index in [1.54, 1.807) is 0 Å². The third-order valence-corrected chi connectivity index (χ3v) is 3.61. The van der Waals surface area contributed by atoms with Crippen molar-refractivity contribution in [3.05, 3.63) is 22.8 Å². The highest BCUT2D eigenvalue weighted by Gasteiger charge is 2.24. The zero-order valence-electron chi connectivity index (χ0n) is 10.3. The molecule has 4 nitrogen and oxygen atoms in total. The van der Waals surface area contributed by atoms with Crippen LogP contribution in [0.5, 0.6) is 0 Å². The molecule has 2 aliphatic heterocycles. The first-order valence-electron chi connectivity index (χ1n) is 6.52. The van der Waals surface area contributed by atoms with Crippen LogP contribution in [-0.2, 0) is 17.8 Å². The highest BCUT2D eigenvalue weighted by Crippen LogP contribution is 2.28. The van der Waals surface area contributed by atoms with Crippen molar-refractivity contribution in [3.8, 4) is 0 Å². The van der Waals surface area contributed by atoms with Crippen molar-refractivity contribution in [2.75, 3.05) is 13.2 Å². The summed E-state index contributed by atoms with van der Waals surface area (Å²) in [6.07, 6.45) is 4.68. The van der Waals surface area contributed by atoms with E-state index in [1.165, 1.54) is 36.2 Å². The van der Waals surface area contributed by atoms with Crippen LogP contribution in [0, 0.1) is 6.92 Å². The second-order valence-electron chi connectivity index (χ2n) is 4.89. The smallest absolute Gasteiger partial charge is 0.125 e. The first-order valence-corrected chi connectivity index (χ1v) is 6.52. The molecule has 1 N–H and O–H groups in total. The lowest BCUT2D eigenvalue weighted by Crippen LogP contribution is -2.30. The number of piperidine rings is 1. The maximum atomic E-state index is 5.56. The molecule has 17 heavy (non-hydrogen) atoms. The number of ether oxygens (including phenoxy) is 1. The third kappa shape index (κ3) is 2.19. The molecule has 3 heterocycles. The van der Waals surface area contributed by atoms with Crippen molar-refractivity contribution in [1.82, 2.24) is 15.3 Å². The predicted molar refractivity (Wildman–Crippen MR) is 64.7 cm³/mol. The average molecular weight is 233 g/mol. The Morgan fingerprint density at radius 2 is 2.24 bits per heavy atom. The molecule has 0 aromatic carbocycles. The van der Waals surface area contributed by atoms with Crippen molar-refractivity contribution in [2.24, 2.45) is 0 Å². The number of rotatable bonds is 1. The molecule has 1 unspecified atom stereocenters. The van der Waals surface area contributed by atoms with E-state index in [0.717, 1.165) is 25.4 Å². The Morgan fingerprint density at radius 3 is 3.06 bits per heavy atom. The lowest BCUT2D eigenvalue weighted by atomic mass is 9.96. The molecule has 2 aliphatic rings. The summed E-state index contributed by atoms with van der Waals surface area (Å²) in [7, 11) is 0. The van der Waals surface area contributed by atoms with E-state index >= 15 is 0 Å². The molecule has 1 saturated heterocycles. The molecule has 0 amide bonds. The normalized spacial score (nSPS) is 24.4. The van der Waals surface area contributed by atoms with Crippen LogP contribution in [0.3, 0.4) is 0 Å². The summed E-state index contributed by atoms with van der Waals surface area (Å²) in [5, 5.41) is 3.57. The van der Waals surface area contributed by atoms with Gasteiger partial charge in [-0.15, -0.1) is 0 Å². The maximum absolute atomic E-state index is 5.56. The summed E-state index contributed by atoms with van der Waals surface area (Å²) in [5.74, 6) is 0.896. The quantitative estimate of drug-likeness (QED) is 0.801. The summed E-state index contributed by atoms with van der Waals surface area (Å²) in [5.41, 5.74) is 3.62. The first kappa shape index (κ1) is 11.1. The number of nitrogens with zero attached hydrogens (tertiary/aromatic N) is 2. The van der Waals surface area contributed by atoms with Gasteiger partial charge in [-0.1, -0.05) is 6.42 Å². The summed E-state index contributed by atoms with van der Waals surface area (Å²) in [6, 6.07) is 0.404. The molecule has 1 fully saturated rings. The highest BCUT2D eigenvalue weighted by atomic mass is 16.5. The predicted octanol–water partition coefficient (Wildman–Crippen LogP) is 1.67. The summed E-state index contributed by atoms with van der Waals surface area (Å²) in [4.78, 5) is 9.21. The zero-order valence-corrected chi connectivity index (χ0v) is 10.3.